The average molecular weight is 311 g/mol. The van der Waals surface area contributed by atoms with Gasteiger partial charge in [-0.2, -0.15) is 0 Å². The van der Waals surface area contributed by atoms with E-state index >= 15 is 0 Å². The highest BCUT2D eigenvalue weighted by molar-refractivity contribution is 6.29. The normalized spacial score (nSPS) is 11.5. The van der Waals surface area contributed by atoms with Gasteiger partial charge in [0.15, 0.2) is 5.82 Å². The van der Waals surface area contributed by atoms with Gasteiger partial charge < -0.3 is 5.73 Å². The lowest BCUT2D eigenvalue weighted by molar-refractivity contribution is -0.122. The number of benzene rings is 1. The van der Waals surface area contributed by atoms with Crippen molar-refractivity contribution >= 4 is 17.5 Å². The van der Waals surface area contributed by atoms with E-state index in [0.717, 1.165) is 0 Å². The van der Waals surface area contributed by atoms with E-state index in [4.69, 9.17) is 17.3 Å². The second kappa shape index (κ2) is 5.41. The molecular formula is C15H13ClF2N2O. The third-order valence-electron chi connectivity index (χ3n) is 3.33. The van der Waals surface area contributed by atoms with Gasteiger partial charge in [-0.05, 0) is 44.2 Å². The first-order chi connectivity index (χ1) is 9.73. The van der Waals surface area contributed by atoms with Gasteiger partial charge >= 0.3 is 0 Å². The molecule has 0 atom stereocenters. The largest absolute Gasteiger partial charge is 0.369 e. The third-order valence-corrected chi connectivity index (χ3v) is 3.53. The monoisotopic (exact) mass is 310 g/mol. The SMILES string of the molecule is CC(C)(C(N)=O)c1cc(Cl)nc(-c2ccc(F)cc2)c1F. The fourth-order valence-corrected chi connectivity index (χ4v) is 2.08. The Hall–Kier alpha value is -2.01. The highest BCUT2D eigenvalue weighted by Crippen LogP contribution is 2.32. The summed E-state index contributed by atoms with van der Waals surface area (Å²) in [7, 11) is 0. The molecule has 0 saturated heterocycles. The smallest absolute Gasteiger partial charge is 0.227 e. The number of hydrogen-bond acceptors (Lipinski definition) is 2. The van der Waals surface area contributed by atoms with Gasteiger partial charge in [0.2, 0.25) is 5.91 Å². The topological polar surface area (TPSA) is 56.0 Å². The molecule has 0 aliphatic rings. The fraction of sp³-hybridized carbons (Fsp3) is 0.200. The zero-order valence-corrected chi connectivity index (χ0v) is 12.2. The third kappa shape index (κ3) is 2.88. The highest BCUT2D eigenvalue weighted by Gasteiger charge is 2.32. The Balaban J connectivity index is 2.67. The molecule has 0 unspecified atom stereocenters. The van der Waals surface area contributed by atoms with Crippen LogP contribution in [-0.2, 0) is 10.2 Å². The van der Waals surface area contributed by atoms with E-state index in [0.29, 0.717) is 5.56 Å². The van der Waals surface area contributed by atoms with Crippen LogP contribution in [0.4, 0.5) is 8.78 Å². The van der Waals surface area contributed by atoms with Crippen molar-refractivity contribution in [1.29, 1.82) is 0 Å². The maximum absolute atomic E-state index is 14.7. The van der Waals surface area contributed by atoms with Crippen molar-refractivity contribution in [3.8, 4) is 11.3 Å². The summed E-state index contributed by atoms with van der Waals surface area (Å²) >= 11 is 5.91. The van der Waals surface area contributed by atoms with Crippen LogP contribution >= 0.6 is 11.6 Å². The summed E-state index contributed by atoms with van der Waals surface area (Å²) in [6.45, 7) is 3.00. The van der Waals surface area contributed by atoms with E-state index in [-0.39, 0.29) is 16.4 Å². The molecule has 0 spiro atoms. The van der Waals surface area contributed by atoms with Gasteiger partial charge in [-0.1, -0.05) is 11.6 Å². The summed E-state index contributed by atoms with van der Waals surface area (Å²) < 4.78 is 27.6. The molecule has 1 heterocycles. The van der Waals surface area contributed by atoms with Gasteiger partial charge in [0.1, 0.15) is 16.7 Å². The predicted octanol–water partition coefficient (Wildman–Crippen LogP) is 3.44. The first kappa shape index (κ1) is 15.4. The van der Waals surface area contributed by atoms with E-state index in [1.165, 1.54) is 44.2 Å². The van der Waals surface area contributed by atoms with E-state index in [9.17, 15) is 13.6 Å². The maximum Gasteiger partial charge on any atom is 0.227 e. The standard InChI is InChI=1S/C15H13ClF2N2O/c1-15(2,14(19)21)10-7-11(16)20-13(12(10)18)8-3-5-9(17)6-4-8/h3-7H,1-2H3,(H2,19,21). The van der Waals surface area contributed by atoms with E-state index in [2.05, 4.69) is 4.98 Å². The number of carbonyl (C=O) groups is 1. The lowest BCUT2D eigenvalue weighted by Gasteiger charge is -2.22. The molecule has 0 aliphatic heterocycles. The molecule has 0 fully saturated rings. The summed E-state index contributed by atoms with van der Waals surface area (Å²) in [5.41, 5.74) is 4.43. The quantitative estimate of drug-likeness (QED) is 0.883. The molecule has 3 nitrogen and oxygen atoms in total. The molecular weight excluding hydrogens is 298 g/mol. The minimum atomic E-state index is -1.24. The highest BCUT2D eigenvalue weighted by atomic mass is 35.5. The molecule has 110 valence electrons. The molecule has 21 heavy (non-hydrogen) atoms. The number of amides is 1. The van der Waals surface area contributed by atoms with Crippen LogP contribution in [0.3, 0.4) is 0 Å². The zero-order chi connectivity index (χ0) is 15.8. The first-order valence-electron chi connectivity index (χ1n) is 6.16. The van der Waals surface area contributed by atoms with Crippen LogP contribution in [0.1, 0.15) is 19.4 Å². The predicted molar refractivity (Wildman–Crippen MR) is 76.8 cm³/mol. The van der Waals surface area contributed by atoms with Crippen LogP contribution < -0.4 is 5.73 Å². The fourth-order valence-electron chi connectivity index (χ4n) is 1.88. The minimum Gasteiger partial charge on any atom is -0.369 e. The Morgan fingerprint density at radius 2 is 1.81 bits per heavy atom. The van der Waals surface area contributed by atoms with Crippen molar-refractivity contribution in [3.05, 3.63) is 52.7 Å². The van der Waals surface area contributed by atoms with Crippen molar-refractivity contribution in [2.45, 2.75) is 19.3 Å². The van der Waals surface area contributed by atoms with Gasteiger partial charge in [0, 0.05) is 11.1 Å². The summed E-state index contributed by atoms with van der Waals surface area (Å²) in [4.78, 5) is 15.4. The van der Waals surface area contributed by atoms with Crippen LogP contribution in [-0.4, -0.2) is 10.9 Å². The van der Waals surface area contributed by atoms with Crippen molar-refractivity contribution in [3.63, 3.8) is 0 Å². The lowest BCUT2D eigenvalue weighted by atomic mass is 9.83. The van der Waals surface area contributed by atoms with Crippen LogP contribution in [0.15, 0.2) is 30.3 Å². The Labute approximate surface area is 125 Å². The van der Waals surface area contributed by atoms with E-state index < -0.39 is 23.0 Å². The number of hydrogen-bond donors (Lipinski definition) is 1. The number of carbonyl (C=O) groups excluding carboxylic acids is 1. The number of nitrogens with two attached hydrogens (primary N) is 1. The molecule has 1 aromatic carbocycles. The number of nitrogens with zero attached hydrogens (tertiary/aromatic N) is 1. The molecule has 2 N–H and O–H groups in total. The van der Waals surface area contributed by atoms with Crippen molar-refractivity contribution in [2.75, 3.05) is 0 Å². The molecule has 2 rings (SSSR count). The number of rotatable bonds is 3. The van der Waals surface area contributed by atoms with Crippen molar-refractivity contribution in [2.24, 2.45) is 5.73 Å². The van der Waals surface area contributed by atoms with Crippen LogP contribution in [0.5, 0.6) is 0 Å². The molecule has 1 amide bonds. The van der Waals surface area contributed by atoms with Gasteiger partial charge in [0.05, 0.1) is 5.41 Å². The number of halogens is 3. The van der Waals surface area contributed by atoms with Gasteiger partial charge in [0.25, 0.3) is 0 Å². The van der Waals surface area contributed by atoms with E-state index in [1.807, 2.05) is 0 Å². The summed E-state index contributed by atoms with van der Waals surface area (Å²) in [6, 6.07) is 6.43. The van der Waals surface area contributed by atoms with Gasteiger partial charge in [-0.15, -0.1) is 0 Å². The molecule has 0 saturated carbocycles. The number of primary amides is 1. The van der Waals surface area contributed by atoms with Gasteiger partial charge in [-0.3, -0.25) is 4.79 Å². The van der Waals surface area contributed by atoms with Crippen molar-refractivity contribution in [1.82, 2.24) is 4.98 Å². The molecule has 2 aromatic rings. The Kier molecular flexibility index (Phi) is 3.96. The summed E-state index contributed by atoms with van der Waals surface area (Å²) in [5.74, 6) is -1.83. The van der Waals surface area contributed by atoms with Crippen LogP contribution in [0.2, 0.25) is 5.15 Å². The molecule has 0 bridgehead atoms. The molecule has 0 radical (unpaired) electrons. The van der Waals surface area contributed by atoms with Crippen molar-refractivity contribution < 1.29 is 13.6 Å². The number of pyridine rings is 1. The Morgan fingerprint density at radius 3 is 2.33 bits per heavy atom. The maximum atomic E-state index is 14.7. The molecule has 0 aliphatic carbocycles. The summed E-state index contributed by atoms with van der Waals surface area (Å²) in [6.07, 6.45) is 0. The van der Waals surface area contributed by atoms with Crippen LogP contribution in [0.25, 0.3) is 11.3 Å². The zero-order valence-electron chi connectivity index (χ0n) is 11.5. The Bertz CT molecular complexity index is 700. The lowest BCUT2D eigenvalue weighted by Crippen LogP contribution is -2.36. The second-order valence-electron chi connectivity index (χ2n) is 5.15. The molecule has 6 heteroatoms. The molecule has 1 aromatic heterocycles. The van der Waals surface area contributed by atoms with Gasteiger partial charge in [-0.25, -0.2) is 13.8 Å². The summed E-state index contributed by atoms with van der Waals surface area (Å²) in [5, 5.41) is 0.0278. The number of aromatic nitrogens is 1. The van der Waals surface area contributed by atoms with Crippen LogP contribution in [0, 0.1) is 11.6 Å². The minimum absolute atomic E-state index is 0.0278. The Morgan fingerprint density at radius 1 is 1.24 bits per heavy atom. The van der Waals surface area contributed by atoms with E-state index in [1.54, 1.807) is 0 Å². The second-order valence-corrected chi connectivity index (χ2v) is 5.54. The average Bonchev–Trinajstić information content (AvgIpc) is 2.41. The first-order valence-corrected chi connectivity index (χ1v) is 6.53.